The average molecular weight is 455 g/mol. The number of thiazole rings is 1. The van der Waals surface area contributed by atoms with E-state index in [1.807, 2.05) is 13.8 Å². The molecule has 0 spiro atoms. The second-order valence-electron chi connectivity index (χ2n) is 6.74. The van der Waals surface area contributed by atoms with Crippen LogP contribution in [0, 0.1) is 0 Å². The van der Waals surface area contributed by atoms with Crippen LogP contribution in [0.2, 0.25) is 0 Å². The molecule has 2 aromatic rings. The van der Waals surface area contributed by atoms with Crippen LogP contribution in [0.25, 0.3) is 0 Å². The van der Waals surface area contributed by atoms with E-state index in [4.69, 9.17) is 9.47 Å². The molecule has 0 atom stereocenters. The van der Waals surface area contributed by atoms with Gasteiger partial charge in [-0.15, -0.1) is 11.3 Å². The number of anilines is 1. The SMILES string of the molecule is CCOc1ccc(C(=O)Nc2nc3c(s2)CN(S(=O)(=O)N(C)C)CC3)cc1OCC. The van der Waals surface area contributed by atoms with Gasteiger partial charge in [-0.05, 0) is 32.0 Å². The highest BCUT2D eigenvalue weighted by molar-refractivity contribution is 7.86. The summed E-state index contributed by atoms with van der Waals surface area (Å²) in [6, 6.07) is 5.02. The Labute approximate surface area is 180 Å². The summed E-state index contributed by atoms with van der Waals surface area (Å²) in [5.74, 6) is 0.778. The molecule has 2 heterocycles. The minimum atomic E-state index is -3.49. The van der Waals surface area contributed by atoms with Crippen LogP contribution in [-0.2, 0) is 23.2 Å². The quantitative estimate of drug-likeness (QED) is 0.657. The van der Waals surface area contributed by atoms with Crippen molar-refractivity contribution in [2.24, 2.45) is 0 Å². The van der Waals surface area contributed by atoms with Crippen LogP contribution in [0.5, 0.6) is 11.5 Å². The number of carbonyl (C=O) groups excluding carboxylic acids is 1. The van der Waals surface area contributed by atoms with Gasteiger partial charge < -0.3 is 9.47 Å². The van der Waals surface area contributed by atoms with Gasteiger partial charge in [-0.3, -0.25) is 10.1 Å². The minimum absolute atomic E-state index is 0.251. The van der Waals surface area contributed by atoms with Gasteiger partial charge in [0.25, 0.3) is 16.1 Å². The molecule has 0 fully saturated rings. The fourth-order valence-electron chi connectivity index (χ4n) is 3.02. The zero-order chi connectivity index (χ0) is 21.9. The number of ether oxygens (including phenoxy) is 2. The van der Waals surface area contributed by atoms with Crippen molar-refractivity contribution in [2.75, 3.05) is 39.2 Å². The first-order valence-corrected chi connectivity index (χ1v) is 11.8. The highest BCUT2D eigenvalue weighted by atomic mass is 32.2. The number of hydrogen-bond acceptors (Lipinski definition) is 7. The number of amides is 1. The van der Waals surface area contributed by atoms with Crippen LogP contribution in [0.15, 0.2) is 18.2 Å². The molecule has 0 bridgehead atoms. The van der Waals surface area contributed by atoms with E-state index in [-0.39, 0.29) is 12.5 Å². The Morgan fingerprint density at radius 2 is 1.93 bits per heavy atom. The Bertz CT molecular complexity index is 1020. The van der Waals surface area contributed by atoms with Gasteiger partial charge in [0, 0.05) is 37.5 Å². The Morgan fingerprint density at radius 1 is 1.23 bits per heavy atom. The first-order valence-electron chi connectivity index (χ1n) is 9.63. The lowest BCUT2D eigenvalue weighted by molar-refractivity contribution is 0.102. The van der Waals surface area contributed by atoms with Gasteiger partial charge in [-0.2, -0.15) is 17.0 Å². The van der Waals surface area contributed by atoms with Crippen molar-refractivity contribution in [2.45, 2.75) is 26.8 Å². The van der Waals surface area contributed by atoms with Crippen LogP contribution in [0.1, 0.15) is 34.8 Å². The van der Waals surface area contributed by atoms with E-state index in [2.05, 4.69) is 10.3 Å². The highest BCUT2D eigenvalue weighted by Gasteiger charge is 2.30. The van der Waals surface area contributed by atoms with Crippen LogP contribution < -0.4 is 14.8 Å². The monoisotopic (exact) mass is 454 g/mol. The molecule has 1 aliphatic heterocycles. The molecule has 3 rings (SSSR count). The number of nitrogens with one attached hydrogen (secondary N) is 1. The van der Waals surface area contributed by atoms with Crippen molar-refractivity contribution in [3.63, 3.8) is 0 Å². The topological polar surface area (TPSA) is 101 Å². The van der Waals surface area contributed by atoms with Crippen LogP contribution in [-0.4, -0.2) is 61.8 Å². The lowest BCUT2D eigenvalue weighted by Gasteiger charge is -2.27. The molecule has 0 saturated carbocycles. The van der Waals surface area contributed by atoms with Crippen LogP contribution >= 0.6 is 11.3 Å². The maximum absolute atomic E-state index is 12.7. The molecule has 0 aliphatic carbocycles. The van der Waals surface area contributed by atoms with E-state index in [1.54, 1.807) is 18.2 Å². The number of aromatic nitrogens is 1. The van der Waals surface area contributed by atoms with Gasteiger partial charge in [0.15, 0.2) is 16.6 Å². The predicted molar refractivity (Wildman–Crippen MR) is 116 cm³/mol. The van der Waals surface area contributed by atoms with Gasteiger partial charge in [0.1, 0.15) is 0 Å². The molecule has 1 aliphatic rings. The van der Waals surface area contributed by atoms with Gasteiger partial charge in [0.05, 0.1) is 25.5 Å². The van der Waals surface area contributed by atoms with Crippen molar-refractivity contribution in [1.82, 2.24) is 13.6 Å². The molecule has 0 radical (unpaired) electrons. The lowest BCUT2D eigenvalue weighted by atomic mass is 10.2. The molecule has 164 valence electrons. The first kappa shape index (κ1) is 22.5. The summed E-state index contributed by atoms with van der Waals surface area (Å²) in [6.07, 6.45) is 0.506. The third-order valence-corrected chi connectivity index (χ3v) is 7.39. The minimum Gasteiger partial charge on any atom is -0.490 e. The zero-order valence-electron chi connectivity index (χ0n) is 17.5. The molecule has 0 unspecified atom stereocenters. The number of carbonyl (C=O) groups is 1. The summed E-state index contributed by atoms with van der Waals surface area (Å²) < 4.78 is 38.5. The lowest BCUT2D eigenvalue weighted by Crippen LogP contribution is -2.42. The molecule has 0 saturated heterocycles. The zero-order valence-corrected chi connectivity index (χ0v) is 19.1. The van der Waals surface area contributed by atoms with Crippen molar-refractivity contribution in [3.05, 3.63) is 34.3 Å². The summed E-state index contributed by atoms with van der Waals surface area (Å²) >= 11 is 1.29. The summed E-state index contributed by atoms with van der Waals surface area (Å²) in [4.78, 5) is 18.0. The van der Waals surface area contributed by atoms with Crippen LogP contribution in [0.3, 0.4) is 0 Å². The molecule has 9 nitrogen and oxygen atoms in total. The molecule has 11 heteroatoms. The molecular weight excluding hydrogens is 428 g/mol. The first-order chi connectivity index (χ1) is 14.3. The number of nitrogens with zero attached hydrogens (tertiary/aromatic N) is 3. The smallest absolute Gasteiger partial charge is 0.281 e. The third-order valence-electron chi connectivity index (χ3n) is 4.51. The number of fused-ring (bicyclic) bond motifs is 1. The van der Waals surface area contributed by atoms with Gasteiger partial charge in [0.2, 0.25) is 0 Å². The Kier molecular flexibility index (Phi) is 6.96. The normalized spacial score (nSPS) is 14.4. The highest BCUT2D eigenvalue weighted by Crippen LogP contribution is 2.31. The fourth-order valence-corrected chi connectivity index (χ4v) is 5.19. The van der Waals surface area contributed by atoms with E-state index in [0.29, 0.717) is 48.4 Å². The Balaban J connectivity index is 1.75. The maximum atomic E-state index is 12.7. The largest absolute Gasteiger partial charge is 0.490 e. The molecule has 1 N–H and O–H groups in total. The number of rotatable bonds is 8. The third kappa shape index (κ3) is 4.75. The number of benzene rings is 1. The summed E-state index contributed by atoms with van der Waals surface area (Å²) in [5.41, 5.74) is 1.24. The predicted octanol–water partition coefficient (Wildman–Crippen LogP) is 2.36. The summed E-state index contributed by atoms with van der Waals surface area (Å²) in [7, 11) is -0.465. The van der Waals surface area contributed by atoms with E-state index in [1.165, 1.54) is 34.0 Å². The Morgan fingerprint density at radius 3 is 2.60 bits per heavy atom. The van der Waals surface area contributed by atoms with Crippen molar-refractivity contribution < 1.29 is 22.7 Å². The maximum Gasteiger partial charge on any atom is 0.281 e. The molecule has 1 amide bonds. The molecule has 1 aromatic carbocycles. The second-order valence-corrected chi connectivity index (χ2v) is 9.97. The number of hydrogen-bond donors (Lipinski definition) is 1. The van der Waals surface area contributed by atoms with E-state index in [0.717, 1.165) is 10.6 Å². The standard InChI is InChI=1S/C19H26N4O5S2/c1-5-27-15-8-7-13(11-16(15)28-6-2)18(24)21-19-20-14-9-10-23(12-17(14)29-19)30(25,26)22(3)4/h7-8,11H,5-6,9-10,12H2,1-4H3,(H,20,21,24). The van der Waals surface area contributed by atoms with E-state index in [9.17, 15) is 13.2 Å². The van der Waals surface area contributed by atoms with Crippen molar-refractivity contribution >= 4 is 32.6 Å². The molecular formula is C19H26N4O5S2. The van der Waals surface area contributed by atoms with E-state index >= 15 is 0 Å². The Hall–Kier alpha value is -2.21. The molecule has 30 heavy (non-hydrogen) atoms. The van der Waals surface area contributed by atoms with Gasteiger partial charge in [-0.25, -0.2) is 4.98 Å². The van der Waals surface area contributed by atoms with E-state index < -0.39 is 10.2 Å². The van der Waals surface area contributed by atoms with Crippen LogP contribution in [0.4, 0.5) is 5.13 Å². The van der Waals surface area contributed by atoms with Gasteiger partial charge in [-0.1, -0.05) is 0 Å². The average Bonchev–Trinajstić information content (AvgIpc) is 3.10. The summed E-state index contributed by atoms with van der Waals surface area (Å²) in [6.45, 7) is 5.31. The van der Waals surface area contributed by atoms with Crippen molar-refractivity contribution in [1.29, 1.82) is 0 Å². The van der Waals surface area contributed by atoms with Crippen molar-refractivity contribution in [3.8, 4) is 11.5 Å². The molecule has 1 aromatic heterocycles. The fraction of sp³-hybridized carbons (Fsp3) is 0.474. The second kappa shape index (κ2) is 9.29. The van der Waals surface area contributed by atoms with Gasteiger partial charge >= 0.3 is 0 Å². The summed E-state index contributed by atoms with van der Waals surface area (Å²) in [5, 5.41) is 3.25.